The number of benzene rings is 2. The van der Waals surface area contributed by atoms with Crippen molar-refractivity contribution in [3.8, 4) is 28.1 Å². The van der Waals surface area contributed by atoms with E-state index in [2.05, 4.69) is 0 Å². The second-order valence-corrected chi connectivity index (χ2v) is 12.1. The number of carboxylic acid groups (broad SMARTS) is 1. The number of halogens is 6. The van der Waals surface area contributed by atoms with Gasteiger partial charge in [-0.1, -0.05) is 0 Å². The molecule has 4 heterocycles. The lowest BCUT2D eigenvalue weighted by atomic mass is 9.96. The van der Waals surface area contributed by atoms with Gasteiger partial charge in [0.25, 0.3) is 0 Å². The lowest BCUT2D eigenvalue weighted by Crippen LogP contribution is -2.38. The zero-order valence-corrected chi connectivity index (χ0v) is 26.5. The van der Waals surface area contributed by atoms with Crippen LogP contribution in [0.1, 0.15) is 52.2 Å². The van der Waals surface area contributed by atoms with Crippen molar-refractivity contribution in [2.24, 2.45) is 7.05 Å². The number of hydrogen-bond donors (Lipinski definition) is 2. The molecular weight excluding hydrogens is 658 g/mol. The molecule has 6 rings (SSSR count). The molecule has 2 fully saturated rings. The van der Waals surface area contributed by atoms with Gasteiger partial charge in [-0.3, -0.25) is 0 Å². The Kier molecular flexibility index (Phi) is 8.88. The van der Waals surface area contributed by atoms with E-state index in [4.69, 9.17) is 14.5 Å². The normalized spacial score (nSPS) is 20.0. The summed E-state index contributed by atoms with van der Waals surface area (Å²) in [5.74, 6) is 0.0337. The fourth-order valence-electron chi connectivity index (χ4n) is 6.22. The fourth-order valence-corrected chi connectivity index (χ4v) is 6.22. The number of aliphatic hydroxyl groups excluding tert-OH is 1. The van der Waals surface area contributed by atoms with Crippen LogP contribution in [0.25, 0.3) is 22.4 Å². The molecule has 1 unspecified atom stereocenters. The van der Waals surface area contributed by atoms with Crippen LogP contribution >= 0.6 is 0 Å². The minimum Gasteiger partial charge on any atom is -0.496 e. The second kappa shape index (κ2) is 12.7. The molecule has 0 spiro atoms. The third kappa shape index (κ3) is 6.70. The lowest BCUT2D eigenvalue weighted by Gasteiger charge is -2.33. The molecule has 2 saturated heterocycles. The highest BCUT2D eigenvalue weighted by molar-refractivity contribution is 5.90. The summed E-state index contributed by atoms with van der Waals surface area (Å²) in [4.78, 5) is 20.0. The number of nitrogens with zero attached hydrogens (tertiary/aromatic N) is 4. The van der Waals surface area contributed by atoms with E-state index < -0.39 is 48.0 Å². The highest BCUT2D eigenvalue weighted by Crippen LogP contribution is 2.43. The molecule has 2 aliphatic rings. The first-order chi connectivity index (χ1) is 23.0. The molecule has 9 nitrogen and oxygen atoms in total. The van der Waals surface area contributed by atoms with Gasteiger partial charge >= 0.3 is 18.3 Å². The molecular formula is C34H32F6N4O5. The number of aromatic nitrogens is 2. The summed E-state index contributed by atoms with van der Waals surface area (Å²) < 4.78 is 94.8. The zero-order chi connectivity index (χ0) is 35.4. The number of aromatic carboxylic acids is 1. The number of rotatable bonds is 8. The zero-order valence-electron chi connectivity index (χ0n) is 26.5. The minimum atomic E-state index is -5.05. The Labute approximate surface area is 276 Å². The second-order valence-electron chi connectivity index (χ2n) is 12.1. The number of alkyl halides is 6. The Morgan fingerprint density at radius 2 is 1.65 bits per heavy atom. The van der Waals surface area contributed by atoms with Crippen LogP contribution in [0.15, 0.2) is 60.8 Å². The molecule has 0 saturated carbocycles. The Hall–Kier alpha value is -4.60. The van der Waals surface area contributed by atoms with Crippen molar-refractivity contribution in [1.29, 1.82) is 0 Å². The summed E-state index contributed by atoms with van der Waals surface area (Å²) in [7, 11) is 3.20. The van der Waals surface area contributed by atoms with Gasteiger partial charge in [0.1, 0.15) is 17.7 Å². The van der Waals surface area contributed by atoms with Crippen LogP contribution < -0.4 is 9.64 Å². The standard InChI is InChI=1S/C34H32F6N4O5/c1-18-30(20-11-22(33(35,36)37)15-23(12-20)34(38,39)40)49-32(47)44(18)17-26-24(6-8-29(41-26)43-9-4-10-43)25-13-19(5-7-28(25)48-3)27-14-21(31(45)46)16-42(27)2/h5-8,11-16,18,30,32,47H,4,9-10,17H2,1-3H3,(H,45,46)/t18-,30-,32?/m0/s1. The summed E-state index contributed by atoms with van der Waals surface area (Å²) in [6, 6.07) is 10.9. The number of methoxy groups -OCH3 is 1. The topological polar surface area (TPSA) is 100 Å². The van der Waals surface area contributed by atoms with Gasteiger partial charge in [-0.15, -0.1) is 0 Å². The van der Waals surface area contributed by atoms with Crippen molar-refractivity contribution >= 4 is 11.8 Å². The number of aliphatic hydroxyl groups is 1. The Bertz CT molecular complexity index is 1860. The number of ether oxygens (including phenoxy) is 2. The summed E-state index contributed by atoms with van der Waals surface area (Å²) in [6.07, 6.45) is -10.7. The molecule has 0 amide bonds. The number of pyridine rings is 1. The van der Waals surface area contributed by atoms with Crippen molar-refractivity contribution < 1.29 is 50.8 Å². The van der Waals surface area contributed by atoms with Crippen LogP contribution in [0.5, 0.6) is 5.75 Å². The van der Waals surface area contributed by atoms with Crippen molar-refractivity contribution in [3.63, 3.8) is 0 Å². The number of aryl methyl sites for hydroxylation is 1. The van der Waals surface area contributed by atoms with Crippen LogP contribution in [-0.2, 0) is 30.7 Å². The third-order valence-electron chi connectivity index (χ3n) is 8.96. The number of carbonyl (C=O) groups is 1. The largest absolute Gasteiger partial charge is 0.496 e. The van der Waals surface area contributed by atoms with Gasteiger partial charge < -0.3 is 29.2 Å². The third-order valence-corrected chi connectivity index (χ3v) is 8.96. The van der Waals surface area contributed by atoms with E-state index in [1.54, 1.807) is 30.7 Å². The Morgan fingerprint density at radius 3 is 2.20 bits per heavy atom. The highest BCUT2D eigenvalue weighted by atomic mass is 19.4. The van der Waals surface area contributed by atoms with Crippen LogP contribution in [0.3, 0.4) is 0 Å². The summed E-state index contributed by atoms with van der Waals surface area (Å²) >= 11 is 0. The predicted octanol–water partition coefficient (Wildman–Crippen LogP) is 6.95. The molecule has 0 aliphatic carbocycles. The van der Waals surface area contributed by atoms with Gasteiger partial charge in [0.2, 0.25) is 6.41 Å². The van der Waals surface area contributed by atoms with E-state index in [-0.39, 0.29) is 23.7 Å². The summed E-state index contributed by atoms with van der Waals surface area (Å²) in [5, 5.41) is 20.5. The number of carboxylic acids is 1. The SMILES string of the molecule is COc1ccc(-c2cc(C(=O)O)cn2C)cc1-c1ccc(N2CCC2)nc1CN1C(O)O[C@H](c2cc(C(F)(F)F)cc(C(F)(F)F)c2)[C@@H]1C. The first-order valence-electron chi connectivity index (χ1n) is 15.3. The Morgan fingerprint density at radius 1 is 0.980 bits per heavy atom. The van der Waals surface area contributed by atoms with Crippen LogP contribution in [0.2, 0.25) is 0 Å². The molecule has 3 atom stereocenters. The molecule has 0 bridgehead atoms. The van der Waals surface area contributed by atoms with E-state index in [0.29, 0.717) is 51.8 Å². The highest BCUT2D eigenvalue weighted by Gasteiger charge is 2.43. The van der Waals surface area contributed by atoms with Crippen molar-refractivity contribution in [2.45, 2.75) is 50.8 Å². The van der Waals surface area contributed by atoms with Crippen molar-refractivity contribution in [2.75, 3.05) is 25.1 Å². The first kappa shape index (κ1) is 34.3. The van der Waals surface area contributed by atoms with E-state index in [0.717, 1.165) is 19.5 Å². The predicted molar refractivity (Wildman–Crippen MR) is 166 cm³/mol. The van der Waals surface area contributed by atoms with Crippen molar-refractivity contribution in [1.82, 2.24) is 14.5 Å². The molecule has 15 heteroatoms. The van der Waals surface area contributed by atoms with Gasteiger partial charge in [0.05, 0.1) is 29.5 Å². The maximum absolute atomic E-state index is 13.6. The quantitative estimate of drug-likeness (QED) is 0.192. The van der Waals surface area contributed by atoms with E-state index in [1.807, 2.05) is 23.1 Å². The van der Waals surface area contributed by atoms with E-state index in [1.165, 1.54) is 24.3 Å². The molecule has 2 N–H and O–H groups in total. The summed E-state index contributed by atoms with van der Waals surface area (Å²) in [5.41, 5.74) is -0.339. The average molecular weight is 691 g/mol. The van der Waals surface area contributed by atoms with E-state index in [9.17, 15) is 41.4 Å². The van der Waals surface area contributed by atoms with Gasteiger partial charge in [0, 0.05) is 55.7 Å². The monoisotopic (exact) mass is 690 g/mol. The number of anilines is 1. The first-order valence-corrected chi connectivity index (χ1v) is 15.3. The van der Waals surface area contributed by atoms with Gasteiger partial charge in [-0.25, -0.2) is 14.7 Å². The fraction of sp³-hybridized carbons (Fsp3) is 0.353. The summed E-state index contributed by atoms with van der Waals surface area (Å²) in [6.45, 7) is 3.00. The average Bonchev–Trinajstić information content (AvgIpc) is 3.54. The van der Waals surface area contributed by atoms with Crippen LogP contribution in [0, 0.1) is 0 Å². The molecule has 0 radical (unpaired) electrons. The minimum absolute atomic E-state index is 0.0498. The smallest absolute Gasteiger partial charge is 0.416 e. The van der Waals surface area contributed by atoms with E-state index >= 15 is 0 Å². The van der Waals surface area contributed by atoms with Crippen LogP contribution in [0.4, 0.5) is 32.2 Å². The van der Waals surface area contributed by atoms with Gasteiger partial charge in [-0.2, -0.15) is 26.3 Å². The molecule has 2 aliphatic heterocycles. The number of hydrogen-bond acceptors (Lipinski definition) is 7. The molecule has 2 aromatic carbocycles. The van der Waals surface area contributed by atoms with Crippen molar-refractivity contribution in [3.05, 3.63) is 88.7 Å². The molecule has 49 heavy (non-hydrogen) atoms. The molecule has 260 valence electrons. The maximum atomic E-state index is 13.6. The Balaban J connectivity index is 1.40. The van der Waals surface area contributed by atoms with Crippen LogP contribution in [-0.4, -0.2) is 63.3 Å². The lowest BCUT2D eigenvalue weighted by molar-refractivity contribution is -0.154. The molecule has 2 aromatic heterocycles. The maximum Gasteiger partial charge on any atom is 0.416 e. The van der Waals surface area contributed by atoms with Gasteiger partial charge in [-0.05, 0) is 79.1 Å². The molecule has 4 aromatic rings. The van der Waals surface area contributed by atoms with Gasteiger partial charge in [0.15, 0.2) is 0 Å².